The van der Waals surface area contributed by atoms with Gasteiger partial charge in [0, 0.05) is 12.6 Å². The highest BCUT2D eigenvalue weighted by Crippen LogP contribution is 2.37. The fourth-order valence-corrected chi connectivity index (χ4v) is 5.01. The second kappa shape index (κ2) is 14.7. The summed E-state index contributed by atoms with van der Waals surface area (Å²) in [4.78, 5) is 63.2. The van der Waals surface area contributed by atoms with Gasteiger partial charge >= 0.3 is 18.0 Å². The molecule has 1 aliphatic heterocycles. The highest BCUT2D eigenvalue weighted by molar-refractivity contribution is 5.94. The number of hydrogen-bond donors (Lipinski definition) is 4. The molecule has 11 heteroatoms. The number of nitrogens with one attached hydrogen (secondary N) is 4. The molecule has 1 aliphatic carbocycles. The predicted octanol–water partition coefficient (Wildman–Crippen LogP) is 2.59. The summed E-state index contributed by atoms with van der Waals surface area (Å²) in [6.07, 6.45) is 0.782. The minimum absolute atomic E-state index is 0.0296. The molecule has 2 aromatic carbocycles. The topological polar surface area (TPSA) is 152 Å². The first-order valence-electron chi connectivity index (χ1n) is 14.8. The first kappa shape index (κ1) is 31.5. The van der Waals surface area contributed by atoms with Crippen molar-refractivity contribution in [1.82, 2.24) is 21.3 Å². The Morgan fingerprint density at radius 1 is 0.953 bits per heavy atom. The molecule has 1 saturated carbocycles. The van der Waals surface area contributed by atoms with Crippen molar-refractivity contribution >= 4 is 29.8 Å². The van der Waals surface area contributed by atoms with Gasteiger partial charge in [-0.2, -0.15) is 0 Å². The monoisotopic (exact) mass is 592 g/mol. The average Bonchev–Trinajstić information content (AvgIpc) is 3.74. The van der Waals surface area contributed by atoms with Gasteiger partial charge in [0.25, 0.3) is 5.91 Å². The Kier molecular flexibility index (Phi) is 10.7. The number of benzene rings is 2. The van der Waals surface area contributed by atoms with Gasteiger partial charge in [-0.25, -0.2) is 9.59 Å². The Labute approximate surface area is 251 Å². The van der Waals surface area contributed by atoms with Gasteiger partial charge in [-0.3, -0.25) is 14.4 Å². The van der Waals surface area contributed by atoms with Gasteiger partial charge in [-0.05, 0) is 42.7 Å². The van der Waals surface area contributed by atoms with Crippen LogP contribution < -0.4 is 21.3 Å². The molecule has 2 fully saturated rings. The van der Waals surface area contributed by atoms with Crippen molar-refractivity contribution in [3.8, 4) is 0 Å². The number of amides is 4. The second-order valence-corrected chi connectivity index (χ2v) is 11.3. The molecule has 43 heavy (non-hydrogen) atoms. The van der Waals surface area contributed by atoms with E-state index in [1.165, 1.54) is 6.92 Å². The van der Waals surface area contributed by atoms with E-state index in [4.69, 9.17) is 9.47 Å². The van der Waals surface area contributed by atoms with E-state index in [2.05, 4.69) is 21.3 Å². The quantitative estimate of drug-likeness (QED) is 0.246. The van der Waals surface area contributed by atoms with E-state index < -0.39 is 42.0 Å². The molecule has 0 spiro atoms. The molecular formula is C32H40N4O7. The van der Waals surface area contributed by atoms with E-state index in [-0.39, 0.29) is 42.8 Å². The maximum absolute atomic E-state index is 13.1. The number of rotatable bonds is 14. The molecule has 2 aromatic rings. The van der Waals surface area contributed by atoms with Crippen LogP contribution >= 0.6 is 0 Å². The van der Waals surface area contributed by atoms with Crippen molar-refractivity contribution in [1.29, 1.82) is 0 Å². The van der Waals surface area contributed by atoms with E-state index in [0.29, 0.717) is 13.0 Å². The smallest absolute Gasteiger partial charge is 0.328 e. The third kappa shape index (κ3) is 8.79. The number of carbonyl (C=O) groups excluding carboxylic acids is 5. The summed E-state index contributed by atoms with van der Waals surface area (Å²) in [6, 6.07) is 15.9. The van der Waals surface area contributed by atoms with Crippen molar-refractivity contribution in [2.45, 2.75) is 77.4 Å². The average molecular weight is 593 g/mol. The number of urea groups is 1. The van der Waals surface area contributed by atoms with Crippen LogP contribution in [-0.4, -0.2) is 54.0 Å². The molecule has 0 aromatic heterocycles. The maximum atomic E-state index is 13.1. The van der Waals surface area contributed by atoms with Crippen molar-refractivity contribution in [2.75, 3.05) is 0 Å². The van der Waals surface area contributed by atoms with Crippen molar-refractivity contribution in [3.05, 3.63) is 71.8 Å². The minimum atomic E-state index is -0.992. The van der Waals surface area contributed by atoms with E-state index in [1.54, 1.807) is 0 Å². The molecule has 1 saturated heterocycles. The Bertz CT molecular complexity index is 1290. The van der Waals surface area contributed by atoms with Crippen LogP contribution in [-0.2, 0) is 41.8 Å². The molecule has 230 valence electrons. The summed E-state index contributed by atoms with van der Waals surface area (Å²) in [6.45, 7) is 5.74. The Balaban J connectivity index is 1.31. The Morgan fingerprint density at radius 3 is 2.23 bits per heavy atom. The summed E-state index contributed by atoms with van der Waals surface area (Å²) in [5, 5.41) is 10.9. The molecule has 0 unspecified atom stereocenters. The standard InChI is InChI=1S/C32H40N4O7/c1-4-19(2)26-27(43-31(26)40)29(38)35-24-15-23(24)16-25(30(39)42-18-22-13-9-6-10-14-22)36-28(37)20(3)34-32(41)33-17-21-11-7-5-8-12-21/h5-14,19-20,23-27H,4,15-18H2,1-3H3,(H,35,38)(H,36,37)(H2,33,34,41)/t19-,20-,23-,24-,25-,26-,27+/m0/s1. The molecule has 1 heterocycles. The summed E-state index contributed by atoms with van der Waals surface area (Å²) >= 11 is 0. The molecule has 11 nitrogen and oxygen atoms in total. The lowest BCUT2D eigenvalue weighted by Crippen LogP contribution is -2.56. The van der Waals surface area contributed by atoms with E-state index in [0.717, 1.165) is 17.5 Å². The van der Waals surface area contributed by atoms with Crippen LogP contribution in [0.5, 0.6) is 0 Å². The molecule has 0 bridgehead atoms. The van der Waals surface area contributed by atoms with Crippen molar-refractivity contribution < 1.29 is 33.4 Å². The summed E-state index contributed by atoms with van der Waals surface area (Å²) < 4.78 is 10.6. The second-order valence-electron chi connectivity index (χ2n) is 11.3. The van der Waals surface area contributed by atoms with Crippen molar-refractivity contribution in [3.63, 3.8) is 0 Å². The number of carbonyl (C=O) groups is 5. The zero-order chi connectivity index (χ0) is 30.9. The highest BCUT2D eigenvalue weighted by atomic mass is 16.6. The number of esters is 2. The molecular weight excluding hydrogens is 552 g/mol. The van der Waals surface area contributed by atoms with Crippen LogP contribution in [0.3, 0.4) is 0 Å². The molecule has 4 amide bonds. The van der Waals surface area contributed by atoms with Gasteiger partial charge in [-0.1, -0.05) is 80.9 Å². The van der Waals surface area contributed by atoms with Crippen LogP contribution in [0.15, 0.2) is 60.7 Å². The summed E-state index contributed by atoms with van der Waals surface area (Å²) in [5.74, 6) is -2.38. The summed E-state index contributed by atoms with van der Waals surface area (Å²) in [7, 11) is 0. The van der Waals surface area contributed by atoms with E-state index >= 15 is 0 Å². The molecule has 7 atom stereocenters. The van der Waals surface area contributed by atoms with Crippen molar-refractivity contribution in [2.24, 2.45) is 17.8 Å². The fraction of sp³-hybridized carbons (Fsp3) is 0.469. The summed E-state index contributed by atoms with van der Waals surface area (Å²) in [5.41, 5.74) is 1.71. The largest absolute Gasteiger partial charge is 0.459 e. The predicted molar refractivity (Wildman–Crippen MR) is 157 cm³/mol. The molecule has 4 N–H and O–H groups in total. The minimum Gasteiger partial charge on any atom is -0.459 e. The fourth-order valence-electron chi connectivity index (χ4n) is 5.01. The van der Waals surface area contributed by atoms with Crippen LogP contribution in [0.2, 0.25) is 0 Å². The number of cyclic esters (lactones) is 1. The maximum Gasteiger partial charge on any atom is 0.328 e. The van der Waals surface area contributed by atoms with Crippen LogP contribution in [0, 0.1) is 17.8 Å². The van der Waals surface area contributed by atoms with Gasteiger partial charge in [0.15, 0.2) is 6.10 Å². The van der Waals surface area contributed by atoms with Gasteiger partial charge in [0.2, 0.25) is 5.91 Å². The van der Waals surface area contributed by atoms with Crippen LogP contribution in [0.1, 0.15) is 51.2 Å². The molecule has 0 radical (unpaired) electrons. The Hall–Kier alpha value is -4.41. The van der Waals surface area contributed by atoms with Gasteiger partial charge < -0.3 is 30.7 Å². The zero-order valence-electron chi connectivity index (χ0n) is 24.7. The highest BCUT2D eigenvalue weighted by Gasteiger charge is 2.51. The molecule has 4 rings (SSSR count). The SMILES string of the molecule is CC[C@H](C)[C@@H]1C(=O)O[C@H]1C(=O)N[C@H]1C[C@H]1C[C@H](NC(=O)[C@H](C)NC(=O)NCc1ccccc1)C(=O)OCc1ccccc1. The third-order valence-corrected chi connectivity index (χ3v) is 8.01. The number of hydrogen-bond acceptors (Lipinski definition) is 7. The molecule has 2 aliphatic rings. The Morgan fingerprint density at radius 2 is 1.60 bits per heavy atom. The normalized spacial score (nSPS) is 22.4. The lowest BCUT2D eigenvalue weighted by Gasteiger charge is -2.37. The first-order valence-corrected chi connectivity index (χ1v) is 14.8. The van der Waals surface area contributed by atoms with E-state index in [9.17, 15) is 24.0 Å². The number of ether oxygens (including phenoxy) is 2. The van der Waals surface area contributed by atoms with E-state index in [1.807, 2.05) is 74.5 Å². The lowest BCUT2D eigenvalue weighted by atomic mass is 9.83. The van der Waals surface area contributed by atoms with Gasteiger partial charge in [0.1, 0.15) is 24.6 Å². The van der Waals surface area contributed by atoms with Crippen LogP contribution in [0.4, 0.5) is 4.79 Å². The zero-order valence-corrected chi connectivity index (χ0v) is 24.7. The van der Waals surface area contributed by atoms with Gasteiger partial charge in [0.05, 0.1) is 0 Å². The lowest BCUT2D eigenvalue weighted by molar-refractivity contribution is -0.193. The van der Waals surface area contributed by atoms with Gasteiger partial charge in [-0.15, -0.1) is 0 Å². The first-order chi connectivity index (χ1) is 20.7. The third-order valence-electron chi connectivity index (χ3n) is 8.01. The van der Waals surface area contributed by atoms with Crippen LogP contribution in [0.25, 0.3) is 0 Å².